The highest BCUT2D eigenvalue weighted by Crippen LogP contribution is 2.28. The average molecular weight is 419 g/mol. The second-order valence-corrected chi connectivity index (χ2v) is 7.40. The molecule has 0 atom stereocenters. The Morgan fingerprint density at radius 1 is 1.07 bits per heavy atom. The highest BCUT2D eigenvalue weighted by atomic mass is 35.5. The molecule has 2 aromatic carbocycles. The molecule has 5 nitrogen and oxygen atoms in total. The summed E-state index contributed by atoms with van der Waals surface area (Å²) >= 11 is 12.0. The largest absolute Gasteiger partial charge is 0.451 e. The molecule has 146 valence electrons. The first kappa shape index (κ1) is 20.2. The van der Waals surface area contributed by atoms with Crippen molar-refractivity contribution in [3.63, 3.8) is 0 Å². The molecule has 2 amide bonds. The molecule has 0 unspecified atom stereocenters. The minimum atomic E-state index is -0.342. The molecule has 7 heteroatoms. The fraction of sp³-hybridized carbons (Fsp3) is 0.238. The van der Waals surface area contributed by atoms with Crippen LogP contribution in [0.3, 0.4) is 0 Å². The molecule has 1 N–H and O–H groups in total. The number of rotatable bonds is 5. The van der Waals surface area contributed by atoms with E-state index in [0.717, 1.165) is 10.9 Å². The quantitative estimate of drug-likeness (QED) is 0.598. The summed E-state index contributed by atoms with van der Waals surface area (Å²) in [4.78, 5) is 26.9. The van der Waals surface area contributed by atoms with E-state index in [1.54, 1.807) is 37.3 Å². The molecule has 3 rings (SSSR count). The zero-order valence-electron chi connectivity index (χ0n) is 15.8. The first-order valence-corrected chi connectivity index (χ1v) is 9.59. The van der Waals surface area contributed by atoms with Crippen molar-refractivity contribution in [1.29, 1.82) is 0 Å². The molecular weight excluding hydrogens is 399 g/mol. The molecule has 0 saturated heterocycles. The third kappa shape index (κ3) is 4.16. The average Bonchev–Trinajstić information content (AvgIpc) is 2.98. The van der Waals surface area contributed by atoms with Gasteiger partial charge in [-0.05, 0) is 56.7 Å². The van der Waals surface area contributed by atoms with Crippen LogP contribution in [0.5, 0.6) is 0 Å². The summed E-state index contributed by atoms with van der Waals surface area (Å²) in [7, 11) is 0. The fourth-order valence-corrected chi connectivity index (χ4v) is 3.30. The van der Waals surface area contributed by atoms with Gasteiger partial charge in [0.15, 0.2) is 5.76 Å². The monoisotopic (exact) mass is 418 g/mol. The van der Waals surface area contributed by atoms with Crippen molar-refractivity contribution in [3.8, 4) is 0 Å². The van der Waals surface area contributed by atoms with E-state index in [9.17, 15) is 9.59 Å². The van der Waals surface area contributed by atoms with Gasteiger partial charge in [0, 0.05) is 33.2 Å². The number of furan rings is 1. The fourth-order valence-electron chi connectivity index (χ4n) is 2.96. The summed E-state index contributed by atoms with van der Waals surface area (Å²) in [5.41, 5.74) is 2.79. The van der Waals surface area contributed by atoms with Gasteiger partial charge in [0.25, 0.3) is 5.91 Å². The Labute approximate surface area is 173 Å². The molecule has 3 aromatic rings. The Morgan fingerprint density at radius 2 is 1.75 bits per heavy atom. The third-order valence-electron chi connectivity index (χ3n) is 4.57. The van der Waals surface area contributed by atoms with Crippen LogP contribution < -0.4 is 5.32 Å². The van der Waals surface area contributed by atoms with Crippen molar-refractivity contribution in [3.05, 3.63) is 63.3 Å². The van der Waals surface area contributed by atoms with Crippen molar-refractivity contribution >= 4 is 51.7 Å². The van der Waals surface area contributed by atoms with Crippen LogP contribution in [0.1, 0.15) is 28.6 Å². The first-order chi connectivity index (χ1) is 13.3. The van der Waals surface area contributed by atoms with Crippen LogP contribution in [0, 0.1) is 13.8 Å². The number of nitrogens with zero attached hydrogens (tertiary/aromatic N) is 1. The zero-order valence-corrected chi connectivity index (χ0v) is 17.3. The number of carbonyl (C=O) groups is 2. The Kier molecular flexibility index (Phi) is 5.96. The van der Waals surface area contributed by atoms with E-state index in [-0.39, 0.29) is 24.1 Å². The van der Waals surface area contributed by atoms with E-state index in [2.05, 4.69) is 5.32 Å². The number of carbonyl (C=O) groups excluding carboxylic acids is 2. The number of nitrogens with one attached hydrogen (secondary N) is 1. The van der Waals surface area contributed by atoms with Gasteiger partial charge in [-0.2, -0.15) is 0 Å². The molecule has 0 saturated carbocycles. The van der Waals surface area contributed by atoms with Gasteiger partial charge in [-0.25, -0.2) is 0 Å². The maximum absolute atomic E-state index is 13.0. The van der Waals surface area contributed by atoms with Crippen molar-refractivity contribution in [2.75, 3.05) is 18.4 Å². The second kappa shape index (κ2) is 8.25. The second-order valence-electron chi connectivity index (χ2n) is 6.52. The highest BCUT2D eigenvalue weighted by molar-refractivity contribution is 6.31. The number of aryl methyl sites for hydroxylation is 2. The van der Waals surface area contributed by atoms with Crippen LogP contribution in [0.25, 0.3) is 11.0 Å². The third-order valence-corrected chi connectivity index (χ3v) is 5.04. The maximum atomic E-state index is 13.0. The summed E-state index contributed by atoms with van der Waals surface area (Å²) < 4.78 is 5.73. The molecule has 0 bridgehead atoms. The topological polar surface area (TPSA) is 62.6 Å². The Morgan fingerprint density at radius 3 is 2.46 bits per heavy atom. The van der Waals surface area contributed by atoms with Crippen LogP contribution >= 0.6 is 23.2 Å². The van der Waals surface area contributed by atoms with Gasteiger partial charge in [-0.1, -0.05) is 29.3 Å². The van der Waals surface area contributed by atoms with Crippen LogP contribution in [0.4, 0.5) is 5.69 Å². The van der Waals surface area contributed by atoms with Crippen LogP contribution in [-0.2, 0) is 4.79 Å². The molecule has 0 radical (unpaired) electrons. The SMILES string of the molecule is CCN(CC(=O)Nc1cc(Cl)ccc1C)C(=O)c1oc2ccc(Cl)cc2c1C. The van der Waals surface area contributed by atoms with Gasteiger partial charge in [0.05, 0.1) is 0 Å². The smallest absolute Gasteiger partial charge is 0.290 e. The molecule has 0 spiro atoms. The number of halogens is 2. The first-order valence-electron chi connectivity index (χ1n) is 8.84. The van der Waals surface area contributed by atoms with Crippen molar-refractivity contribution in [2.45, 2.75) is 20.8 Å². The van der Waals surface area contributed by atoms with E-state index in [1.807, 2.05) is 19.9 Å². The van der Waals surface area contributed by atoms with Crippen LogP contribution in [-0.4, -0.2) is 29.8 Å². The molecular formula is C21H20Cl2N2O3. The van der Waals surface area contributed by atoms with Crippen molar-refractivity contribution in [1.82, 2.24) is 4.90 Å². The summed E-state index contributed by atoms with van der Waals surface area (Å²) in [6.07, 6.45) is 0. The van der Waals surface area contributed by atoms with Crippen LogP contribution in [0.2, 0.25) is 10.0 Å². The molecule has 1 aromatic heterocycles. The summed E-state index contributed by atoms with van der Waals surface area (Å²) in [6.45, 7) is 5.75. The number of hydrogen-bond donors (Lipinski definition) is 1. The van der Waals surface area contributed by atoms with E-state index >= 15 is 0 Å². The number of fused-ring (bicyclic) bond motifs is 1. The van der Waals surface area contributed by atoms with E-state index in [4.69, 9.17) is 27.6 Å². The van der Waals surface area contributed by atoms with Gasteiger partial charge in [0.1, 0.15) is 12.1 Å². The van der Waals surface area contributed by atoms with Crippen LogP contribution in [0.15, 0.2) is 40.8 Å². The van der Waals surface area contributed by atoms with Crippen molar-refractivity contribution < 1.29 is 14.0 Å². The Bertz CT molecular complexity index is 1060. The lowest BCUT2D eigenvalue weighted by Gasteiger charge is -2.20. The Hall–Kier alpha value is -2.50. The molecule has 0 aliphatic carbocycles. The number of anilines is 1. The maximum Gasteiger partial charge on any atom is 0.290 e. The molecule has 28 heavy (non-hydrogen) atoms. The lowest BCUT2D eigenvalue weighted by Crippen LogP contribution is -2.38. The minimum absolute atomic E-state index is 0.0987. The number of hydrogen-bond acceptors (Lipinski definition) is 3. The van der Waals surface area contributed by atoms with Crippen molar-refractivity contribution in [2.24, 2.45) is 0 Å². The van der Waals surface area contributed by atoms with E-state index in [1.165, 1.54) is 4.90 Å². The standard InChI is InChI=1S/C21H20Cl2N2O3/c1-4-25(11-19(26)24-17-10-15(23)6-5-12(17)2)21(27)20-13(3)16-9-14(22)7-8-18(16)28-20/h5-10H,4,11H2,1-3H3,(H,24,26). The van der Waals surface area contributed by atoms with E-state index in [0.29, 0.717) is 33.4 Å². The molecule has 0 aliphatic heterocycles. The number of benzene rings is 2. The normalized spacial score (nSPS) is 10.9. The summed E-state index contributed by atoms with van der Waals surface area (Å²) in [6, 6.07) is 10.5. The molecule has 0 aliphatic rings. The number of likely N-dealkylation sites (N-methyl/N-ethyl adjacent to an activating group) is 1. The van der Waals surface area contributed by atoms with E-state index < -0.39 is 0 Å². The van der Waals surface area contributed by atoms with Gasteiger partial charge < -0.3 is 14.6 Å². The zero-order chi connectivity index (χ0) is 20.4. The molecule has 0 fully saturated rings. The van der Waals surface area contributed by atoms with Gasteiger partial charge >= 0.3 is 0 Å². The molecule has 1 heterocycles. The Balaban J connectivity index is 1.79. The van der Waals surface area contributed by atoms with Gasteiger partial charge in [0.2, 0.25) is 5.91 Å². The number of amides is 2. The predicted molar refractivity (Wildman–Crippen MR) is 112 cm³/mol. The predicted octanol–water partition coefficient (Wildman–Crippen LogP) is 5.46. The minimum Gasteiger partial charge on any atom is -0.451 e. The summed E-state index contributed by atoms with van der Waals surface area (Å²) in [5.74, 6) is -0.437. The lowest BCUT2D eigenvalue weighted by atomic mass is 10.1. The lowest BCUT2D eigenvalue weighted by molar-refractivity contribution is -0.116. The van der Waals surface area contributed by atoms with Gasteiger partial charge in [-0.15, -0.1) is 0 Å². The summed E-state index contributed by atoms with van der Waals surface area (Å²) in [5, 5.41) is 4.69. The van der Waals surface area contributed by atoms with Gasteiger partial charge in [-0.3, -0.25) is 9.59 Å². The highest BCUT2D eigenvalue weighted by Gasteiger charge is 2.24.